The van der Waals surface area contributed by atoms with Gasteiger partial charge in [-0.15, -0.1) is 0 Å². The molecular weight excluding hydrogens is 323 g/mol. The number of ether oxygens (including phenoxy) is 2. The van der Waals surface area contributed by atoms with E-state index in [9.17, 15) is 9.18 Å². The summed E-state index contributed by atoms with van der Waals surface area (Å²) in [5, 5.41) is 5.96. The van der Waals surface area contributed by atoms with Crippen LogP contribution in [0.4, 0.5) is 10.1 Å². The lowest BCUT2D eigenvalue weighted by Gasteiger charge is -2.12. The van der Waals surface area contributed by atoms with Crippen molar-refractivity contribution < 1.29 is 18.7 Å². The van der Waals surface area contributed by atoms with Crippen molar-refractivity contribution in [2.45, 2.75) is 12.8 Å². The Balaban J connectivity index is 1.73. The number of carbonyl (C=O) groups excluding carboxylic acids is 1. The Morgan fingerprint density at radius 2 is 1.88 bits per heavy atom. The summed E-state index contributed by atoms with van der Waals surface area (Å²) in [6, 6.07) is 12.0. The highest BCUT2D eigenvalue weighted by atomic mass is 19.1. The maximum absolute atomic E-state index is 13.5. The molecule has 25 heavy (non-hydrogen) atoms. The Bertz CT molecular complexity index is 707. The van der Waals surface area contributed by atoms with Crippen molar-refractivity contribution in [1.82, 2.24) is 5.32 Å². The van der Waals surface area contributed by atoms with Gasteiger partial charge in [-0.1, -0.05) is 18.2 Å². The molecule has 0 atom stereocenters. The number of amides is 1. The predicted molar refractivity (Wildman–Crippen MR) is 95.8 cm³/mol. The number of benzene rings is 2. The molecule has 0 heterocycles. The van der Waals surface area contributed by atoms with E-state index < -0.39 is 0 Å². The van der Waals surface area contributed by atoms with Crippen LogP contribution in [0.25, 0.3) is 0 Å². The van der Waals surface area contributed by atoms with Crippen LogP contribution in [0.3, 0.4) is 0 Å². The number of rotatable bonds is 9. The highest BCUT2D eigenvalue weighted by Crippen LogP contribution is 2.28. The first-order valence-electron chi connectivity index (χ1n) is 8.10. The average molecular weight is 346 g/mol. The van der Waals surface area contributed by atoms with Crippen LogP contribution in [-0.4, -0.2) is 33.2 Å². The van der Waals surface area contributed by atoms with Crippen molar-refractivity contribution in [3.05, 3.63) is 53.8 Å². The quantitative estimate of drug-likeness (QED) is 0.733. The molecule has 0 spiro atoms. The first-order chi connectivity index (χ1) is 12.1. The first-order valence-corrected chi connectivity index (χ1v) is 8.10. The summed E-state index contributed by atoms with van der Waals surface area (Å²) in [5.74, 6) is 1.02. The Morgan fingerprint density at radius 3 is 2.60 bits per heavy atom. The molecule has 2 N–H and O–H groups in total. The summed E-state index contributed by atoms with van der Waals surface area (Å²) in [6.07, 6.45) is 0.782. The van der Waals surface area contributed by atoms with Crippen LogP contribution >= 0.6 is 0 Å². The fourth-order valence-corrected chi connectivity index (χ4v) is 2.38. The molecule has 0 saturated heterocycles. The minimum Gasteiger partial charge on any atom is -0.497 e. The molecule has 0 aliphatic heterocycles. The molecule has 2 aromatic rings. The monoisotopic (exact) mass is 346 g/mol. The number of methoxy groups -OCH3 is 2. The van der Waals surface area contributed by atoms with Crippen LogP contribution in [0.5, 0.6) is 11.5 Å². The van der Waals surface area contributed by atoms with Crippen molar-refractivity contribution in [3.8, 4) is 11.5 Å². The number of hydrogen-bond acceptors (Lipinski definition) is 4. The molecule has 0 aliphatic rings. The van der Waals surface area contributed by atoms with Crippen LogP contribution in [0, 0.1) is 5.82 Å². The third-order valence-electron chi connectivity index (χ3n) is 3.75. The fourth-order valence-electron chi connectivity index (χ4n) is 2.38. The van der Waals surface area contributed by atoms with E-state index in [4.69, 9.17) is 9.47 Å². The Hall–Kier alpha value is -2.76. The van der Waals surface area contributed by atoms with Gasteiger partial charge < -0.3 is 20.1 Å². The third kappa shape index (κ3) is 5.67. The summed E-state index contributed by atoms with van der Waals surface area (Å²) in [7, 11) is 3.17. The molecule has 0 bridgehead atoms. The van der Waals surface area contributed by atoms with Gasteiger partial charge >= 0.3 is 0 Å². The molecular formula is C19H23FN2O3. The van der Waals surface area contributed by atoms with Crippen molar-refractivity contribution >= 4 is 11.6 Å². The van der Waals surface area contributed by atoms with Gasteiger partial charge in [0.05, 0.1) is 19.9 Å². The largest absolute Gasteiger partial charge is 0.497 e. The van der Waals surface area contributed by atoms with Crippen molar-refractivity contribution in [2.24, 2.45) is 0 Å². The molecule has 2 rings (SSSR count). The lowest BCUT2D eigenvalue weighted by Crippen LogP contribution is -2.27. The number of halogens is 1. The normalized spacial score (nSPS) is 10.2. The molecule has 0 fully saturated rings. The van der Waals surface area contributed by atoms with Crippen LogP contribution in [0.15, 0.2) is 42.5 Å². The molecule has 0 unspecified atom stereocenters. The first kappa shape index (κ1) is 18.6. The van der Waals surface area contributed by atoms with Crippen LogP contribution in [0.1, 0.15) is 12.0 Å². The molecule has 0 aromatic heterocycles. The second kappa shape index (κ2) is 9.52. The fraction of sp³-hybridized carbons (Fsp3) is 0.316. The van der Waals surface area contributed by atoms with Gasteiger partial charge in [0, 0.05) is 25.6 Å². The summed E-state index contributed by atoms with van der Waals surface area (Å²) in [6.45, 7) is 0.875. The van der Waals surface area contributed by atoms with Gasteiger partial charge in [-0.2, -0.15) is 0 Å². The van der Waals surface area contributed by atoms with E-state index in [0.717, 1.165) is 5.69 Å². The number of nitrogens with one attached hydrogen (secondary N) is 2. The summed E-state index contributed by atoms with van der Waals surface area (Å²) >= 11 is 0. The second-order valence-corrected chi connectivity index (χ2v) is 5.43. The van der Waals surface area contributed by atoms with E-state index >= 15 is 0 Å². The molecule has 1 amide bonds. The van der Waals surface area contributed by atoms with Crippen molar-refractivity contribution in [2.75, 3.05) is 32.6 Å². The van der Waals surface area contributed by atoms with Crippen LogP contribution in [0.2, 0.25) is 0 Å². The highest BCUT2D eigenvalue weighted by Gasteiger charge is 2.07. The molecule has 0 saturated carbocycles. The van der Waals surface area contributed by atoms with Gasteiger partial charge in [0.15, 0.2) is 0 Å². The average Bonchev–Trinajstić information content (AvgIpc) is 2.63. The van der Waals surface area contributed by atoms with E-state index in [1.165, 1.54) is 6.07 Å². The Labute approximate surface area is 147 Å². The Morgan fingerprint density at radius 1 is 1.08 bits per heavy atom. The Kier molecular flexibility index (Phi) is 7.07. The van der Waals surface area contributed by atoms with Crippen LogP contribution < -0.4 is 20.1 Å². The molecule has 5 nitrogen and oxygen atoms in total. The molecule has 134 valence electrons. The second-order valence-electron chi connectivity index (χ2n) is 5.43. The van der Waals surface area contributed by atoms with E-state index in [0.29, 0.717) is 43.0 Å². The van der Waals surface area contributed by atoms with E-state index in [2.05, 4.69) is 10.6 Å². The van der Waals surface area contributed by atoms with Gasteiger partial charge in [-0.05, 0) is 30.2 Å². The smallest absolute Gasteiger partial charge is 0.221 e. The van der Waals surface area contributed by atoms with Crippen molar-refractivity contribution in [1.29, 1.82) is 0 Å². The SMILES string of the molecule is COc1ccc(NCCC(=O)NCCc2ccccc2F)c(OC)c1. The zero-order valence-electron chi connectivity index (χ0n) is 14.5. The lowest BCUT2D eigenvalue weighted by atomic mass is 10.1. The zero-order valence-corrected chi connectivity index (χ0v) is 14.5. The van der Waals surface area contributed by atoms with E-state index in [-0.39, 0.29) is 11.7 Å². The van der Waals surface area contributed by atoms with E-state index in [1.54, 1.807) is 38.5 Å². The summed E-state index contributed by atoms with van der Waals surface area (Å²) in [5.41, 5.74) is 1.39. The van der Waals surface area contributed by atoms with Crippen LogP contribution in [-0.2, 0) is 11.2 Å². The molecule has 6 heteroatoms. The third-order valence-corrected chi connectivity index (χ3v) is 3.75. The van der Waals surface area contributed by atoms with Gasteiger partial charge in [0.1, 0.15) is 17.3 Å². The van der Waals surface area contributed by atoms with E-state index in [1.807, 2.05) is 12.1 Å². The number of carbonyl (C=O) groups is 1. The highest BCUT2D eigenvalue weighted by molar-refractivity contribution is 5.76. The minimum absolute atomic E-state index is 0.0867. The minimum atomic E-state index is -0.245. The molecule has 2 aromatic carbocycles. The summed E-state index contributed by atoms with van der Waals surface area (Å²) < 4.78 is 23.9. The number of anilines is 1. The maximum atomic E-state index is 13.5. The standard InChI is InChI=1S/C19H23FN2O3/c1-24-15-7-8-17(18(13-15)25-2)21-12-10-19(23)22-11-9-14-5-3-4-6-16(14)20/h3-8,13,21H,9-12H2,1-2H3,(H,22,23). The zero-order chi connectivity index (χ0) is 18.1. The predicted octanol–water partition coefficient (Wildman–Crippen LogP) is 3.00. The molecule has 0 aliphatic carbocycles. The lowest BCUT2D eigenvalue weighted by molar-refractivity contribution is -0.120. The number of hydrogen-bond donors (Lipinski definition) is 2. The van der Waals surface area contributed by atoms with Gasteiger partial charge in [-0.3, -0.25) is 4.79 Å². The maximum Gasteiger partial charge on any atom is 0.221 e. The van der Waals surface area contributed by atoms with Gasteiger partial charge in [-0.25, -0.2) is 4.39 Å². The van der Waals surface area contributed by atoms with Crippen molar-refractivity contribution in [3.63, 3.8) is 0 Å². The summed E-state index contributed by atoms with van der Waals surface area (Å²) in [4.78, 5) is 11.9. The molecule has 0 radical (unpaired) electrons. The van der Waals surface area contributed by atoms with Gasteiger partial charge in [0.2, 0.25) is 5.91 Å². The van der Waals surface area contributed by atoms with Gasteiger partial charge in [0.25, 0.3) is 0 Å². The topological polar surface area (TPSA) is 59.6 Å².